The van der Waals surface area contributed by atoms with Gasteiger partial charge in [-0.3, -0.25) is 9.59 Å². The highest BCUT2D eigenvalue weighted by atomic mass is 16.5. The van der Waals surface area contributed by atoms with E-state index in [1.165, 1.54) is 0 Å². The SMILES string of the molecule is CCN(C[C@@H]1CCCO1)C(=O)c1cccc(NC(=O)[C@H]2CCCO2)c1. The van der Waals surface area contributed by atoms with Gasteiger partial charge in [-0.15, -0.1) is 0 Å². The van der Waals surface area contributed by atoms with Gasteiger partial charge in [0.25, 0.3) is 11.8 Å². The number of rotatable bonds is 6. The summed E-state index contributed by atoms with van der Waals surface area (Å²) in [5, 5.41) is 2.85. The summed E-state index contributed by atoms with van der Waals surface area (Å²) in [7, 11) is 0. The molecule has 0 spiro atoms. The van der Waals surface area contributed by atoms with Crippen molar-refractivity contribution in [1.29, 1.82) is 0 Å². The molecule has 2 amide bonds. The number of anilines is 1. The first kappa shape index (κ1) is 17.9. The third kappa shape index (κ3) is 4.58. The quantitative estimate of drug-likeness (QED) is 0.859. The number of hydrogen-bond donors (Lipinski definition) is 1. The molecule has 6 nitrogen and oxygen atoms in total. The van der Waals surface area contributed by atoms with Gasteiger partial charge in [0.1, 0.15) is 6.10 Å². The molecule has 6 heteroatoms. The summed E-state index contributed by atoms with van der Waals surface area (Å²) in [5.41, 5.74) is 1.20. The molecule has 2 atom stereocenters. The molecule has 0 radical (unpaired) electrons. The summed E-state index contributed by atoms with van der Waals surface area (Å²) in [5.74, 6) is -0.181. The number of carbonyl (C=O) groups is 2. The van der Waals surface area contributed by atoms with Crippen LogP contribution in [-0.2, 0) is 14.3 Å². The van der Waals surface area contributed by atoms with Crippen molar-refractivity contribution in [3.63, 3.8) is 0 Å². The Hall–Kier alpha value is -1.92. The Balaban J connectivity index is 1.64. The number of benzene rings is 1. The number of hydrogen-bond acceptors (Lipinski definition) is 4. The molecule has 2 aliphatic heterocycles. The van der Waals surface area contributed by atoms with E-state index < -0.39 is 0 Å². The Morgan fingerprint density at radius 2 is 2.00 bits per heavy atom. The summed E-state index contributed by atoms with van der Waals surface area (Å²) in [6.07, 6.45) is 3.46. The molecule has 1 aromatic rings. The van der Waals surface area contributed by atoms with Crippen LogP contribution >= 0.6 is 0 Å². The zero-order valence-corrected chi connectivity index (χ0v) is 14.7. The van der Waals surface area contributed by atoms with Gasteiger partial charge in [0.05, 0.1) is 6.10 Å². The lowest BCUT2D eigenvalue weighted by atomic mass is 10.1. The van der Waals surface area contributed by atoms with Crippen molar-refractivity contribution in [2.24, 2.45) is 0 Å². The average molecular weight is 346 g/mol. The van der Waals surface area contributed by atoms with Crippen molar-refractivity contribution in [3.05, 3.63) is 29.8 Å². The molecule has 0 saturated carbocycles. The van der Waals surface area contributed by atoms with E-state index in [4.69, 9.17) is 9.47 Å². The van der Waals surface area contributed by atoms with Crippen molar-refractivity contribution in [2.45, 2.75) is 44.8 Å². The second kappa shape index (κ2) is 8.45. The standard InChI is InChI=1S/C19H26N2O4/c1-2-21(13-16-8-4-10-24-16)19(23)14-6-3-7-15(12-14)20-18(22)17-9-5-11-25-17/h3,6-7,12,16-17H,2,4-5,8-11,13H2,1H3,(H,20,22)/t16-,17+/m0/s1. The maximum atomic E-state index is 12.8. The topological polar surface area (TPSA) is 67.9 Å². The van der Waals surface area contributed by atoms with Crippen LogP contribution in [0.1, 0.15) is 43.0 Å². The molecule has 25 heavy (non-hydrogen) atoms. The summed E-state index contributed by atoms with van der Waals surface area (Å²) in [6.45, 7) is 4.62. The lowest BCUT2D eigenvalue weighted by Gasteiger charge is -2.24. The fourth-order valence-electron chi connectivity index (χ4n) is 3.31. The van der Waals surface area contributed by atoms with Crippen LogP contribution < -0.4 is 5.32 Å². The minimum Gasteiger partial charge on any atom is -0.376 e. The van der Waals surface area contributed by atoms with Crippen molar-refractivity contribution < 1.29 is 19.1 Å². The van der Waals surface area contributed by atoms with Gasteiger partial charge in [0.2, 0.25) is 0 Å². The van der Waals surface area contributed by atoms with E-state index in [9.17, 15) is 9.59 Å². The van der Waals surface area contributed by atoms with E-state index >= 15 is 0 Å². The van der Waals surface area contributed by atoms with Gasteiger partial charge in [0.15, 0.2) is 0 Å². The zero-order valence-electron chi connectivity index (χ0n) is 14.7. The predicted octanol–water partition coefficient (Wildman–Crippen LogP) is 2.45. The third-order valence-electron chi connectivity index (χ3n) is 4.72. The third-order valence-corrected chi connectivity index (χ3v) is 4.72. The maximum absolute atomic E-state index is 12.8. The molecular formula is C19H26N2O4. The minimum atomic E-state index is -0.383. The van der Waals surface area contributed by atoms with Gasteiger partial charge in [-0.2, -0.15) is 0 Å². The molecule has 2 heterocycles. The zero-order chi connectivity index (χ0) is 17.6. The van der Waals surface area contributed by atoms with Gasteiger partial charge in [-0.1, -0.05) is 6.07 Å². The van der Waals surface area contributed by atoms with E-state index in [1.807, 2.05) is 6.92 Å². The molecule has 0 bridgehead atoms. The molecule has 3 rings (SSSR count). The molecular weight excluding hydrogens is 320 g/mol. The first-order valence-corrected chi connectivity index (χ1v) is 9.10. The molecule has 0 unspecified atom stereocenters. The molecule has 0 aromatic heterocycles. The van der Waals surface area contributed by atoms with E-state index in [0.717, 1.165) is 32.3 Å². The van der Waals surface area contributed by atoms with Gasteiger partial charge in [-0.25, -0.2) is 0 Å². The summed E-state index contributed by atoms with van der Waals surface area (Å²) < 4.78 is 11.0. The highest BCUT2D eigenvalue weighted by molar-refractivity contribution is 5.98. The average Bonchev–Trinajstić information content (AvgIpc) is 3.33. The van der Waals surface area contributed by atoms with E-state index in [-0.39, 0.29) is 24.0 Å². The summed E-state index contributed by atoms with van der Waals surface area (Å²) in [6, 6.07) is 7.09. The van der Waals surface area contributed by atoms with Crippen LogP contribution in [0.15, 0.2) is 24.3 Å². The first-order chi connectivity index (χ1) is 12.2. The number of carbonyl (C=O) groups excluding carboxylic acids is 2. The Morgan fingerprint density at radius 1 is 1.20 bits per heavy atom. The monoisotopic (exact) mass is 346 g/mol. The van der Waals surface area contributed by atoms with E-state index in [1.54, 1.807) is 29.2 Å². The number of amides is 2. The van der Waals surface area contributed by atoms with Gasteiger partial charge in [0, 0.05) is 37.6 Å². The van der Waals surface area contributed by atoms with E-state index in [2.05, 4.69) is 5.32 Å². The lowest BCUT2D eigenvalue weighted by Crippen LogP contribution is -2.37. The van der Waals surface area contributed by atoms with Gasteiger partial charge in [-0.05, 0) is 50.8 Å². The molecule has 2 fully saturated rings. The normalized spacial score (nSPS) is 22.8. The Bertz CT molecular complexity index is 607. The molecule has 1 aromatic carbocycles. The highest BCUT2D eigenvalue weighted by Gasteiger charge is 2.25. The van der Waals surface area contributed by atoms with Gasteiger partial charge >= 0.3 is 0 Å². The Kier molecular flexibility index (Phi) is 6.04. The lowest BCUT2D eigenvalue weighted by molar-refractivity contribution is -0.124. The van der Waals surface area contributed by atoms with Crippen LogP contribution in [0.2, 0.25) is 0 Å². The molecule has 2 aliphatic rings. The van der Waals surface area contributed by atoms with Crippen LogP contribution in [0.3, 0.4) is 0 Å². The Morgan fingerprint density at radius 3 is 2.68 bits per heavy atom. The predicted molar refractivity (Wildman–Crippen MR) is 94.6 cm³/mol. The van der Waals surface area contributed by atoms with Crippen molar-refractivity contribution in [1.82, 2.24) is 4.90 Å². The van der Waals surface area contributed by atoms with Crippen molar-refractivity contribution in [3.8, 4) is 0 Å². The second-order valence-corrected chi connectivity index (χ2v) is 6.55. The number of nitrogens with zero attached hydrogens (tertiary/aromatic N) is 1. The van der Waals surface area contributed by atoms with Crippen LogP contribution in [0, 0.1) is 0 Å². The van der Waals surface area contributed by atoms with Gasteiger partial charge < -0.3 is 19.7 Å². The van der Waals surface area contributed by atoms with Crippen LogP contribution in [0.25, 0.3) is 0 Å². The van der Waals surface area contributed by atoms with Crippen LogP contribution in [-0.4, -0.2) is 55.2 Å². The Labute approximate surface area is 148 Å². The largest absolute Gasteiger partial charge is 0.376 e. The number of ether oxygens (including phenoxy) is 2. The van der Waals surface area contributed by atoms with Crippen LogP contribution in [0.5, 0.6) is 0 Å². The number of nitrogens with one attached hydrogen (secondary N) is 1. The minimum absolute atomic E-state index is 0.0359. The summed E-state index contributed by atoms with van der Waals surface area (Å²) in [4.78, 5) is 26.8. The van der Waals surface area contributed by atoms with Crippen LogP contribution in [0.4, 0.5) is 5.69 Å². The van der Waals surface area contributed by atoms with Crippen molar-refractivity contribution in [2.75, 3.05) is 31.6 Å². The smallest absolute Gasteiger partial charge is 0.254 e. The number of likely N-dealkylation sites (N-methyl/N-ethyl adjacent to an activating group) is 1. The molecule has 136 valence electrons. The molecule has 1 N–H and O–H groups in total. The fraction of sp³-hybridized carbons (Fsp3) is 0.579. The fourth-order valence-corrected chi connectivity index (χ4v) is 3.31. The molecule has 0 aliphatic carbocycles. The summed E-state index contributed by atoms with van der Waals surface area (Å²) >= 11 is 0. The molecule has 2 saturated heterocycles. The highest BCUT2D eigenvalue weighted by Crippen LogP contribution is 2.18. The second-order valence-electron chi connectivity index (χ2n) is 6.55. The van der Waals surface area contributed by atoms with E-state index in [0.29, 0.717) is 30.9 Å². The van der Waals surface area contributed by atoms with Crippen molar-refractivity contribution >= 4 is 17.5 Å². The first-order valence-electron chi connectivity index (χ1n) is 9.10. The maximum Gasteiger partial charge on any atom is 0.254 e.